The third kappa shape index (κ3) is 2.87. The molecule has 2 heterocycles. The van der Waals surface area contributed by atoms with E-state index in [1.54, 1.807) is 4.31 Å². The van der Waals surface area contributed by atoms with Crippen LogP contribution in [-0.2, 0) is 19.5 Å². The molecule has 2 fully saturated rings. The zero-order valence-corrected chi connectivity index (χ0v) is 12.0. The Morgan fingerprint density at radius 2 is 1.78 bits per heavy atom. The molecule has 0 N–H and O–H groups in total. The first-order valence-electron chi connectivity index (χ1n) is 6.73. The number of hydrogen-bond acceptors (Lipinski definition) is 4. The Morgan fingerprint density at radius 1 is 1.22 bits per heavy atom. The molecule has 2 aliphatic rings. The summed E-state index contributed by atoms with van der Waals surface area (Å²) in [6.07, 6.45) is 2.31. The minimum Gasteiger partial charge on any atom is -0.348 e. The maximum atomic E-state index is 12.0. The minimum atomic E-state index is -3.05. The topological polar surface area (TPSA) is 55.8 Å². The predicted octanol–water partition coefficient (Wildman–Crippen LogP) is 1.20. The summed E-state index contributed by atoms with van der Waals surface area (Å²) in [5.74, 6) is 0.0517. The summed E-state index contributed by atoms with van der Waals surface area (Å²) in [5, 5.41) is 0. The number of piperidine rings is 1. The fraction of sp³-hybridized carbons (Fsp3) is 1.00. The van der Waals surface area contributed by atoms with E-state index in [0.717, 1.165) is 12.8 Å². The first kappa shape index (κ1) is 14.2. The average molecular weight is 277 g/mol. The van der Waals surface area contributed by atoms with Gasteiger partial charge in [-0.1, -0.05) is 6.92 Å². The van der Waals surface area contributed by atoms with Crippen LogP contribution in [0.2, 0.25) is 0 Å². The average Bonchev–Trinajstić information content (AvgIpc) is 2.78. The van der Waals surface area contributed by atoms with Gasteiger partial charge in [0.1, 0.15) is 0 Å². The first-order chi connectivity index (χ1) is 8.48. The molecule has 6 heteroatoms. The van der Waals surface area contributed by atoms with Crippen molar-refractivity contribution in [3.05, 3.63) is 0 Å². The quantitative estimate of drug-likeness (QED) is 0.775. The molecule has 0 amide bonds. The molecule has 0 aliphatic carbocycles. The van der Waals surface area contributed by atoms with Crippen molar-refractivity contribution in [3.8, 4) is 0 Å². The SMILES string of the molecule is CCCS(=O)(=O)N1CCC(C2(C)OCCO2)CC1. The Kier molecular flexibility index (Phi) is 4.31. The number of ether oxygens (including phenoxy) is 2. The molecule has 2 rings (SSSR count). The van der Waals surface area contributed by atoms with Crippen LogP contribution in [-0.4, -0.2) is 50.6 Å². The molecule has 0 aromatic carbocycles. The van der Waals surface area contributed by atoms with Crippen LogP contribution in [0.5, 0.6) is 0 Å². The van der Waals surface area contributed by atoms with Gasteiger partial charge in [0, 0.05) is 19.0 Å². The maximum absolute atomic E-state index is 12.0. The fourth-order valence-corrected chi connectivity index (χ4v) is 4.35. The zero-order chi connectivity index (χ0) is 13.2. The van der Waals surface area contributed by atoms with E-state index in [1.807, 2.05) is 13.8 Å². The van der Waals surface area contributed by atoms with Gasteiger partial charge in [0.25, 0.3) is 0 Å². The molecule has 106 valence electrons. The minimum absolute atomic E-state index is 0.252. The normalized spacial score (nSPS) is 26.6. The Hall–Kier alpha value is -0.170. The van der Waals surface area contributed by atoms with E-state index in [1.165, 1.54) is 0 Å². The molecule has 0 spiro atoms. The van der Waals surface area contributed by atoms with Crippen LogP contribution in [0, 0.1) is 5.92 Å². The van der Waals surface area contributed by atoms with Gasteiger partial charge in [0.15, 0.2) is 5.79 Å². The van der Waals surface area contributed by atoms with Crippen LogP contribution in [0.25, 0.3) is 0 Å². The van der Waals surface area contributed by atoms with Gasteiger partial charge in [-0.3, -0.25) is 0 Å². The summed E-state index contributed by atoms with van der Waals surface area (Å²) in [7, 11) is -3.05. The summed E-state index contributed by atoms with van der Waals surface area (Å²) >= 11 is 0. The zero-order valence-electron chi connectivity index (χ0n) is 11.2. The molecule has 18 heavy (non-hydrogen) atoms. The summed E-state index contributed by atoms with van der Waals surface area (Å²) in [6, 6.07) is 0. The van der Waals surface area contributed by atoms with Crippen LogP contribution in [0.3, 0.4) is 0 Å². The van der Waals surface area contributed by atoms with Crippen LogP contribution in [0.15, 0.2) is 0 Å². The number of nitrogens with zero attached hydrogens (tertiary/aromatic N) is 1. The highest BCUT2D eigenvalue weighted by Gasteiger charge is 2.42. The van der Waals surface area contributed by atoms with Gasteiger partial charge in [-0.2, -0.15) is 0 Å². The van der Waals surface area contributed by atoms with Gasteiger partial charge in [-0.25, -0.2) is 12.7 Å². The van der Waals surface area contributed by atoms with E-state index in [0.29, 0.717) is 38.6 Å². The van der Waals surface area contributed by atoms with Gasteiger partial charge in [0.05, 0.1) is 19.0 Å². The van der Waals surface area contributed by atoms with Crippen molar-refractivity contribution in [1.29, 1.82) is 0 Å². The van der Waals surface area contributed by atoms with Crippen LogP contribution < -0.4 is 0 Å². The third-order valence-corrected chi connectivity index (χ3v) is 5.99. The predicted molar refractivity (Wildman–Crippen MR) is 68.7 cm³/mol. The lowest BCUT2D eigenvalue weighted by atomic mass is 9.90. The van der Waals surface area contributed by atoms with Crippen molar-refractivity contribution >= 4 is 10.0 Å². The van der Waals surface area contributed by atoms with Crippen molar-refractivity contribution < 1.29 is 17.9 Å². The van der Waals surface area contributed by atoms with Crippen LogP contribution in [0.4, 0.5) is 0 Å². The lowest BCUT2D eigenvalue weighted by Gasteiger charge is -2.38. The summed E-state index contributed by atoms with van der Waals surface area (Å²) < 4.78 is 36.8. The highest BCUT2D eigenvalue weighted by molar-refractivity contribution is 7.89. The Labute approximate surface area is 109 Å². The monoisotopic (exact) mass is 277 g/mol. The molecule has 0 saturated carbocycles. The summed E-state index contributed by atoms with van der Waals surface area (Å²) in [4.78, 5) is 0. The highest BCUT2D eigenvalue weighted by Crippen LogP contribution is 2.35. The van der Waals surface area contributed by atoms with Crippen LogP contribution in [0.1, 0.15) is 33.1 Å². The molecule has 5 nitrogen and oxygen atoms in total. The van der Waals surface area contributed by atoms with Gasteiger partial charge in [-0.05, 0) is 26.2 Å². The maximum Gasteiger partial charge on any atom is 0.214 e. The van der Waals surface area contributed by atoms with Crippen LogP contribution >= 0.6 is 0 Å². The lowest BCUT2D eigenvalue weighted by Crippen LogP contribution is -2.46. The van der Waals surface area contributed by atoms with E-state index in [2.05, 4.69) is 0 Å². The number of sulfonamides is 1. The van der Waals surface area contributed by atoms with E-state index >= 15 is 0 Å². The molecule has 0 atom stereocenters. The standard InChI is InChI=1S/C12H23NO4S/c1-3-10-18(14,15)13-6-4-11(5-7-13)12(2)16-8-9-17-12/h11H,3-10H2,1-2H3. The second-order valence-electron chi connectivity index (χ2n) is 5.20. The van der Waals surface area contributed by atoms with Crippen molar-refractivity contribution in [2.75, 3.05) is 32.1 Å². The lowest BCUT2D eigenvalue weighted by molar-refractivity contribution is -0.188. The van der Waals surface area contributed by atoms with E-state index in [9.17, 15) is 8.42 Å². The van der Waals surface area contributed by atoms with E-state index < -0.39 is 15.8 Å². The summed E-state index contributed by atoms with van der Waals surface area (Å²) in [5.41, 5.74) is 0. The molecule has 2 aliphatic heterocycles. The van der Waals surface area contributed by atoms with Crippen molar-refractivity contribution in [1.82, 2.24) is 4.31 Å². The van der Waals surface area contributed by atoms with Gasteiger partial charge in [-0.15, -0.1) is 0 Å². The highest BCUT2D eigenvalue weighted by atomic mass is 32.2. The first-order valence-corrected chi connectivity index (χ1v) is 8.34. The smallest absolute Gasteiger partial charge is 0.214 e. The molecule has 0 unspecified atom stereocenters. The molecule has 2 saturated heterocycles. The second kappa shape index (κ2) is 5.45. The molecule has 0 aromatic heterocycles. The van der Waals surface area contributed by atoms with Crippen molar-refractivity contribution in [2.24, 2.45) is 5.92 Å². The van der Waals surface area contributed by atoms with Gasteiger partial charge >= 0.3 is 0 Å². The van der Waals surface area contributed by atoms with Gasteiger partial charge < -0.3 is 9.47 Å². The molecule has 0 bridgehead atoms. The second-order valence-corrected chi connectivity index (χ2v) is 7.29. The van der Waals surface area contributed by atoms with Crippen molar-refractivity contribution in [2.45, 2.75) is 38.9 Å². The largest absolute Gasteiger partial charge is 0.348 e. The number of rotatable bonds is 4. The molecular weight excluding hydrogens is 254 g/mol. The molecular formula is C12H23NO4S. The Morgan fingerprint density at radius 3 is 2.28 bits per heavy atom. The number of hydrogen-bond donors (Lipinski definition) is 0. The molecule has 0 aromatic rings. The summed E-state index contributed by atoms with van der Waals surface area (Å²) in [6.45, 7) is 6.34. The molecule has 0 radical (unpaired) electrons. The fourth-order valence-electron chi connectivity index (χ4n) is 2.81. The Bertz CT molecular complexity index is 368. The third-order valence-electron chi connectivity index (χ3n) is 3.91. The van der Waals surface area contributed by atoms with E-state index in [-0.39, 0.29) is 5.75 Å². The van der Waals surface area contributed by atoms with E-state index in [4.69, 9.17) is 9.47 Å². The van der Waals surface area contributed by atoms with Gasteiger partial charge in [0.2, 0.25) is 10.0 Å². The van der Waals surface area contributed by atoms with Crippen molar-refractivity contribution in [3.63, 3.8) is 0 Å². The Balaban J connectivity index is 1.92.